The summed E-state index contributed by atoms with van der Waals surface area (Å²) >= 11 is 3.35. The van der Waals surface area contributed by atoms with Gasteiger partial charge in [-0.2, -0.15) is 0 Å². The van der Waals surface area contributed by atoms with Crippen LogP contribution in [0.1, 0.15) is 11.1 Å². The summed E-state index contributed by atoms with van der Waals surface area (Å²) in [6, 6.07) is 8.41. The average molecular weight is 358 g/mol. The van der Waals surface area contributed by atoms with Crippen LogP contribution in [-0.2, 0) is 10.0 Å². The molecular weight excluding hydrogens is 345 g/mol. The van der Waals surface area contributed by atoms with Crippen LogP contribution in [0, 0.1) is 19.7 Å². The van der Waals surface area contributed by atoms with Crippen molar-refractivity contribution < 1.29 is 12.8 Å². The van der Waals surface area contributed by atoms with Gasteiger partial charge in [-0.25, -0.2) is 12.8 Å². The quantitative estimate of drug-likeness (QED) is 0.901. The fourth-order valence-electron chi connectivity index (χ4n) is 1.85. The molecular formula is C14H13BrFNO2S. The van der Waals surface area contributed by atoms with Crippen LogP contribution in [0.4, 0.5) is 10.1 Å². The zero-order valence-corrected chi connectivity index (χ0v) is 13.3. The van der Waals surface area contributed by atoms with E-state index in [-0.39, 0.29) is 4.90 Å². The maximum absolute atomic E-state index is 12.9. The third-order valence-corrected chi connectivity index (χ3v) is 4.78. The molecule has 0 bridgehead atoms. The van der Waals surface area contributed by atoms with Crippen molar-refractivity contribution in [3.05, 3.63) is 57.8 Å². The molecule has 2 rings (SSSR count). The van der Waals surface area contributed by atoms with E-state index in [4.69, 9.17) is 0 Å². The fourth-order valence-corrected chi connectivity index (χ4v) is 3.91. The predicted octanol–water partition coefficient (Wildman–Crippen LogP) is 4.01. The number of sulfonamides is 1. The molecule has 0 saturated heterocycles. The van der Waals surface area contributed by atoms with Crippen molar-refractivity contribution in [2.45, 2.75) is 18.7 Å². The lowest BCUT2D eigenvalue weighted by molar-refractivity contribution is 0.599. The highest BCUT2D eigenvalue weighted by atomic mass is 79.9. The number of hydrogen-bond donors (Lipinski definition) is 1. The molecule has 0 aliphatic heterocycles. The Labute approximate surface area is 126 Å². The van der Waals surface area contributed by atoms with E-state index in [0.29, 0.717) is 10.2 Å². The van der Waals surface area contributed by atoms with E-state index >= 15 is 0 Å². The van der Waals surface area contributed by atoms with Gasteiger partial charge in [-0.15, -0.1) is 0 Å². The van der Waals surface area contributed by atoms with E-state index in [0.717, 1.165) is 23.3 Å². The summed E-state index contributed by atoms with van der Waals surface area (Å²) in [6.45, 7) is 3.75. The summed E-state index contributed by atoms with van der Waals surface area (Å²) in [5, 5.41) is 0. The van der Waals surface area contributed by atoms with Gasteiger partial charge in [-0.1, -0.05) is 6.07 Å². The molecule has 1 N–H and O–H groups in total. The minimum Gasteiger partial charge on any atom is -0.278 e. The first-order valence-electron chi connectivity index (χ1n) is 5.85. The Morgan fingerprint density at radius 3 is 2.25 bits per heavy atom. The van der Waals surface area contributed by atoms with Crippen molar-refractivity contribution in [1.29, 1.82) is 0 Å². The number of aryl methyl sites for hydroxylation is 2. The molecule has 0 aliphatic carbocycles. The van der Waals surface area contributed by atoms with E-state index in [1.807, 2.05) is 26.0 Å². The van der Waals surface area contributed by atoms with Gasteiger partial charge >= 0.3 is 0 Å². The first-order valence-corrected chi connectivity index (χ1v) is 8.12. The van der Waals surface area contributed by atoms with E-state index in [1.165, 1.54) is 12.1 Å². The van der Waals surface area contributed by atoms with Crippen molar-refractivity contribution in [1.82, 2.24) is 0 Å². The highest BCUT2D eigenvalue weighted by Gasteiger charge is 2.17. The molecule has 0 radical (unpaired) electrons. The average Bonchev–Trinajstić information content (AvgIpc) is 2.34. The van der Waals surface area contributed by atoms with Crippen LogP contribution in [0.2, 0.25) is 0 Å². The molecule has 0 saturated carbocycles. The summed E-state index contributed by atoms with van der Waals surface area (Å²) in [5.41, 5.74) is 2.32. The van der Waals surface area contributed by atoms with Crippen LogP contribution < -0.4 is 4.72 Å². The molecule has 2 aromatic carbocycles. The molecule has 0 amide bonds. The first kappa shape index (κ1) is 15.0. The van der Waals surface area contributed by atoms with Gasteiger partial charge in [-0.05, 0) is 71.2 Å². The Kier molecular flexibility index (Phi) is 4.15. The Morgan fingerprint density at radius 2 is 1.70 bits per heavy atom. The van der Waals surface area contributed by atoms with Crippen LogP contribution in [0.25, 0.3) is 0 Å². The maximum atomic E-state index is 12.9. The Bertz CT molecular complexity index is 719. The molecule has 0 spiro atoms. The lowest BCUT2D eigenvalue weighted by Crippen LogP contribution is -2.14. The van der Waals surface area contributed by atoms with Gasteiger partial charge in [0.2, 0.25) is 0 Å². The standard InChI is InChI=1S/C14H13BrFNO2S/c1-9-7-10(2)14(13(15)8-9)17-20(18,19)12-5-3-11(16)4-6-12/h3-8,17H,1-2H3. The summed E-state index contributed by atoms with van der Waals surface area (Å²) in [6.07, 6.45) is 0. The van der Waals surface area contributed by atoms with Gasteiger partial charge in [0.25, 0.3) is 10.0 Å². The molecule has 0 aromatic heterocycles. The van der Waals surface area contributed by atoms with Crippen LogP contribution in [0.5, 0.6) is 0 Å². The molecule has 0 unspecified atom stereocenters. The third kappa shape index (κ3) is 3.19. The number of hydrogen-bond acceptors (Lipinski definition) is 2. The monoisotopic (exact) mass is 357 g/mol. The highest BCUT2D eigenvalue weighted by Crippen LogP contribution is 2.29. The summed E-state index contributed by atoms with van der Waals surface area (Å²) < 4.78 is 40.5. The van der Waals surface area contributed by atoms with Crippen molar-refractivity contribution in [2.24, 2.45) is 0 Å². The van der Waals surface area contributed by atoms with Gasteiger partial charge in [0, 0.05) is 4.47 Å². The Hall–Kier alpha value is -1.40. The predicted molar refractivity (Wildman–Crippen MR) is 80.8 cm³/mol. The lowest BCUT2D eigenvalue weighted by atomic mass is 10.1. The summed E-state index contributed by atoms with van der Waals surface area (Å²) in [7, 11) is -3.73. The van der Waals surface area contributed by atoms with E-state index in [1.54, 1.807) is 0 Å². The summed E-state index contributed by atoms with van der Waals surface area (Å²) in [4.78, 5) is 0.0192. The maximum Gasteiger partial charge on any atom is 0.261 e. The van der Waals surface area contributed by atoms with Gasteiger partial charge in [0.15, 0.2) is 0 Å². The SMILES string of the molecule is Cc1cc(C)c(NS(=O)(=O)c2ccc(F)cc2)c(Br)c1. The van der Waals surface area contributed by atoms with Crippen LogP contribution in [-0.4, -0.2) is 8.42 Å². The minimum absolute atomic E-state index is 0.0192. The van der Waals surface area contributed by atoms with Crippen LogP contribution in [0.15, 0.2) is 45.8 Å². The second-order valence-corrected chi connectivity index (χ2v) is 7.03. The van der Waals surface area contributed by atoms with Gasteiger partial charge in [-0.3, -0.25) is 4.72 Å². The number of nitrogens with one attached hydrogen (secondary N) is 1. The number of benzene rings is 2. The van der Waals surface area contributed by atoms with Crippen molar-refractivity contribution >= 4 is 31.6 Å². The minimum atomic E-state index is -3.73. The van der Waals surface area contributed by atoms with Crippen LogP contribution >= 0.6 is 15.9 Å². The smallest absolute Gasteiger partial charge is 0.261 e. The second kappa shape index (κ2) is 5.54. The Morgan fingerprint density at radius 1 is 1.10 bits per heavy atom. The Balaban J connectivity index is 2.41. The van der Waals surface area contributed by atoms with E-state index in [9.17, 15) is 12.8 Å². The molecule has 0 atom stereocenters. The molecule has 0 fully saturated rings. The molecule has 0 aliphatic rings. The molecule has 0 heterocycles. The number of halogens is 2. The summed E-state index contributed by atoms with van der Waals surface area (Å²) in [5.74, 6) is -0.475. The molecule has 20 heavy (non-hydrogen) atoms. The fraction of sp³-hybridized carbons (Fsp3) is 0.143. The lowest BCUT2D eigenvalue weighted by Gasteiger charge is -2.13. The van der Waals surface area contributed by atoms with E-state index in [2.05, 4.69) is 20.7 Å². The zero-order chi connectivity index (χ0) is 14.9. The topological polar surface area (TPSA) is 46.2 Å². The van der Waals surface area contributed by atoms with Crippen molar-refractivity contribution in [3.63, 3.8) is 0 Å². The second-order valence-electron chi connectivity index (χ2n) is 4.50. The normalized spacial score (nSPS) is 11.4. The van der Waals surface area contributed by atoms with Crippen LogP contribution in [0.3, 0.4) is 0 Å². The number of anilines is 1. The number of rotatable bonds is 3. The van der Waals surface area contributed by atoms with Gasteiger partial charge in [0.05, 0.1) is 10.6 Å². The van der Waals surface area contributed by atoms with Crippen molar-refractivity contribution in [2.75, 3.05) is 4.72 Å². The molecule has 2 aromatic rings. The zero-order valence-electron chi connectivity index (χ0n) is 10.9. The van der Waals surface area contributed by atoms with Crippen molar-refractivity contribution in [3.8, 4) is 0 Å². The molecule has 106 valence electrons. The third-order valence-electron chi connectivity index (χ3n) is 2.79. The highest BCUT2D eigenvalue weighted by molar-refractivity contribution is 9.10. The van der Waals surface area contributed by atoms with Gasteiger partial charge < -0.3 is 0 Å². The van der Waals surface area contributed by atoms with Gasteiger partial charge in [0.1, 0.15) is 5.82 Å². The van der Waals surface area contributed by atoms with E-state index < -0.39 is 15.8 Å². The molecule has 3 nitrogen and oxygen atoms in total. The first-order chi connectivity index (χ1) is 9.29. The largest absolute Gasteiger partial charge is 0.278 e. The molecule has 6 heteroatoms.